The van der Waals surface area contributed by atoms with E-state index >= 15 is 0 Å². The first-order valence-corrected chi connectivity index (χ1v) is 7.74. The summed E-state index contributed by atoms with van der Waals surface area (Å²) in [5.41, 5.74) is 0. The van der Waals surface area contributed by atoms with E-state index in [1.807, 2.05) is 0 Å². The normalized spacial score (nSPS) is 21.0. The number of carbonyl (C=O) groups excluding carboxylic acids is 1. The summed E-state index contributed by atoms with van der Waals surface area (Å²) in [7, 11) is 0. The van der Waals surface area contributed by atoms with Crippen LogP contribution in [0.15, 0.2) is 22.7 Å². The van der Waals surface area contributed by atoms with Crippen LogP contribution in [-0.4, -0.2) is 29.6 Å². The van der Waals surface area contributed by atoms with Gasteiger partial charge in [0.2, 0.25) is 0 Å². The second kappa shape index (κ2) is 7.13. The van der Waals surface area contributed by atoms with Gasteiger partial charge in [-0.2, -0.15) is 0 Å². The van der Waals surface area contributed by atoms with E-state index < -0.39 is 11.9 Å². The third-order valence-corrected chi connectivity index (χ3v) is 4.29. The zero-order chi connectivity index (χ0) is 15.4. The maximum Gasteiger partial charge on any atom is 0.308 e. The molecule has 1 aromatic rings. The molecule has 0 heterocycles. The minimum atomic E-state index is -0.862. The van der Waals surface area contributed by atoms with Gasteiger partial charge in [0.15, 0.2) is 6.61 Å². The third-order valence-electron chi connectivity index (χ3n) is 3.43. The number of benzene rings is 1. The molecule has 0 radical (unpaired) electrons. The largest absolute Gasteiger partial charge is 0.483 e. The molecule has 1 saturated carbocycles. The lowest BCUT2D eigenvalue weighted by atomic mass is 10.0. The van der Waals surface area contributed by atoms with Gasteiger partial charge in [-0.25, -0.2) is 0 Å². The van der Waals surface area contributed by atoms with Gasteiger partial charge in [-0.1, -0.05) is 18.0 Å². The van der Waals surface area contributed by atoms with Gasteiger partial charge < -0.3 is 15.2 Å². The Morgan fingerprint density at radius 3 is 2.86 bits per heavy atom. The summed E-state index contributed by atoms with van der Waals surface area (Å²) in [5.74, 6) is -1.18. The van der Waals surface area contributed by atoms with Gasteiger partial charge in [0.05, 0.1) is 10.4 Å². The summed E-state index contributed by atoms with van der Waals surface area (Å²) in [5, 5.41) is 12.4. The Kier molecular flexibility index (Phi) is 5.47. The highest BCUT2D eigenvalue weighted by molar-refractivity contribution is 9.10. The van der Waals surface area contributed by atoms with Crippen molar-refractivity contribution in [3.8, 4) is 5.75 Å². The topological polar surface area (TPSA) is 75.6 Å². The molecular formula is C14H15BrClNO4. The van der Waals surface area contributed by atoms with Crippen LogP contribution in [0, 0.1) is 5.92 Å². The maximum atomic E-state index is 11.8. The highest BCUT2D eigenvalue weighted by Crippen LogP contribution is 2.28. The lowest BCUT2D eigenvalue weighted by Gasteiger charge is -2.17. The van der Waals surface area contributed by atoms with Crippen molar-refractivity contribution in [1.29, 1.82) is 0 Å². The Morgan fingerprint density at radius 2 is 2.19 bits per heavy atom. The number of carbonyl (C=O) groups is 2. The van der Waals surface area contributed by atoms with Crippen molar-refractivity contribution < 1.29 is 19.4 Å². The summed E-state index contributed by atoms with van der Waals surface area (Å²) < 4.78 is 6.05. The predicted molar refractivity (Wildman–Crippen MR) is 81.6 cm³/mol. The number of rotatable bonds is 5. The smallest absolute Gasteiger partial charge is 0.308 e. The van der Waals surface area contributed by atoms with Gasteiger partial charge in [0.1, 0.15) is 5.75 Å². The standard InChI is InChI=1S/C14H15BrClNO4/c15-10-6-8(16)4-5-12(10)21-7-13(18)17-11-3-1-2-9(11)14(19)20/h4-6,9,11H,1-3,7H2,(H,17,18)(H,19,20). The Balaban J connectivity index is 1.86. The number of halogens is 2. The molecule has 0 saturated heterocycles. The molecule has 2 atom stereocenters. The Morgan fingerprint density at radius 1 is 1.43 bits per heavy atom. The van der Waals surface area contributed by atoms with Crippen LogP contribution in [0.1, 0.15) is 19.3 Å². The zero-order valence-electron chi connectivity index (χ0n) is 11.1. The highest BCUT2D eigenvalue weighted by Gasteiger charge is 2.33. The predicted octanol–water partition coefficient (Wildman–Crippen LogP) is 2.85. The van der Waals surface area contributed by atoms with E-state index in [2.05, 4.69) is 21.2 Å². The number of nitrogens with one attached hydrogen (secondary N) is 1. The second-order valence-electron chi connectivity index (χ2n) is 4.91. The minimum Gasteiger partial charge on any atom is -0.483 e. The fraction of sp³-hybridized carbons (Fsp3) is 0.429. The number of carboxylic acid groups (broad SMARTS) is 1. The van der Waals surface area contributed by atoms with E-state index in [-0.39, 0.29) is 18.6 Å². The molecule has 1 fully saturated rings. The molecule has 7 heteroatoms. The number of hydrogen-bond acceptors (Lipinski definition) is 3. The summed E-state index contributed by atoms with van der Waals surface area (Å²) in [6, 6.07) is 4.69. The van der Waals surface area contributed by atoms with Gasteiger partial charge >= 0.3 is 5.97 Å². The molecule has 0 aromatic heterocycles. The van der Waals surface area contributed by atoms with Crippen LogP contribution in [0.4, 0.5) is 0 Å². The van der Waals surface area contributed by atoms with Gasteiger partial charge in [0.25, 0.3) is 5.91 Å². The van der Waals surface area contributed by atoms with Crippen molar-refractivity contribution in [3.63, 3.8) is 0 Å². The third kappa shape index (κ3) is 4.35. The molecular weight excluding hydrogens is 362 g/mol. The number of amides is 1. The zero-order valence-corrected chi connectivity index (χ0v) is 13.5. The van der Waals surface area contributed by atoms with Crippen LogP contribution < -0.4 is 10.1 Å². The van der Waals surface area contributed by atoms with Crippen LogP contribution in [0.25, 0.3) is 0 Å². The molecule has 0 bridgehead atoms. The van der Waals surface area contributed by atoms with E-state index in [1.54, 1.807) is 18.2 Å². The van der Waals surface area contributed by atoms with Crippen molar-refractivity contribution in [2.45, 2.75) is 25.3 Å². The van der Waals surface area contributed by atoms with Crippen molar-refractivity contribution in [3.05, 3.63) is 27.7 Å². The van der Waals surface area contributed by atoms with Crippen LogP contribution >= 0.6 is 27.5 Å². The first-order valence-electron chi connectivity index (χ1n) is 6.57. The maximum absolute atomic E-state index is 11.8. The minimum absolute atomic E-state index is 0.164. The SMILES string of the molecule is O=C(COc1ccc(Cl)cc1Br)NC1CCCC1C(=O)O. The molecule has 0 spiro atoms. The van der Waals surface area contributed by atoms with E-state index in [4.69, 9.17) is 21.4 Å². The monoisotopic (exact) mass is 375 g/mol. The lowest BCUT2D eigenvalue weighted by molar-refractivity contribution is -0.142. The molecule has 1 amide bonds. The molecule has 0 aliphatic heterocycles. The average molecular weight is 377 g/mol. The fourth-order valence-corrected chi connectivity index (χ4v) is 3.21. The van der Waals surface area contributed by atoms with E-state index in [0.29, 0.717) is 28.1 Å². The number of ether oxygens (including phenoxy) is 1. The van der Waals surface area contributed by atoms with Crippen molar-refractivity contribution in [2.75, 3.05) is 6.61 Å². The quantitative estimate of drug-likeness (QED) is 0.828. The molecule has 1 aliphatic carbocycles. The molecule has 2 rings (SSSR count). The Bertz CT molecular complexity index is 552. The van der Waals surface area contributed by atoms with Crippen molar-refractivity contribution in [2.24, 2.45) is 5.92 Å². The fourth-order valence-electron chi connectivity index (χ4n) is 2.41. The lowest BCUT2D eigenvalue weighted by Crippen LogP contribution is -2.42. The van der Waals surface area contributed by atoms with Gasteiger partial charge in [-0.3, -0.25) is 9.59 Å². The van der Waals surface area contributed by atoms with Crippen molar-refractivity contribution in [1.82, 2.24) is 5.32 Å². The van der Waals surface area contributed by atoms with Gasteiger partial charge in [-0.05, 0) is 47.0 Å². The summed E-state index contributed by atoms with van der Waals surface area (Å²) in [6.07, 6.45) is 2.10. The van der Waals surface area contributed by atoms with Crippen molar-refractivity contribution >= 4 is 39.4 Å². The van der Waals surface area contributed by atoms with Crippen LogP contribution in [0.2, 0.25) is 5.02 Å². The average Bonchev–Trinajstić information content (AvgIpc) is 2.86. The molecule has 1 aromatic carbocycles. The first kappa shape index (κ1) is 16.1. The molecule has 1 aliphatic rings. The number of aliphatic carboxylic acids is 1. The van der Waals surface area contributed by atoms with E-state index in [9.17, 15) is 9.59 Å². The molecule has 5 nitrogen and oxygen atoms in total. The van der Waals surface area contributed by atoms with E-state index in [1.165, 1.54) is 0 Å². The Labute approximate surface area is 135 Å². The number of hydrogen-bond donors (Lipinski definition) is 2. The molecule has 2 unspecified atom stereocenters. The number of carboxylic acids is 1. The molecule has 2 N–H and O–H groups in total. The van der Waals surface area contributed by atoms with Crippen LogP contribution in [0.5, 0.6) is 5.75 Å². The summed E-state index contributed by atoms with van der Waals surface area (Å²) >= 11 is 9.11. The second-order valence-corrected chi connectivity index (χ2v) is 6.20. The van der Waals surface area contributed by atoms with Gasteiger partial charge in [0, 0.05) is 11.1 Å². The highest BCUT2D eigenvalue weighted by atomic mass is 79.9. The van der Waals surface area contributed by atoms with Crippen LogP contribution in [-0.2, 0) is 9.59 Å². The van der Waals surface area contributed by atoms with Gasteiger partial charge in [-0.15, -0.1) is 0 Å². The Hall–Kier alpha value is -1.27. The summed E-state index contributed by atoms with van der Waals surface area (Å²) in [4.78, 5) is 22.9. The summed E-state index contributed by atoms with van der Waals surface area (Å²) in [6.45, 7) is -0.164. The molecule has 114 valence electrons. The first-order chi connectivity index (χ1) is 9.97. The molecule has 21 heavy (non-hydrogen) atoms. The van der Waals surface area contributed by atoms with Crippen LogP contribution in [0.3, 0.4) is 0 Å². The van der Waals surface area contributed by atoms with E-state index in [0.717, 1.165) is 6.42 Å².